The molecule has 0 radical (unpaired) electrons. The molecular weight excluding hydrogens is 217 g/mol. The SMILES string of the molecule is CNCc1ccccc1Oc1ccc(F)cc1. The van der Waals surface area contributed by atoms with E-state index in [2.05, 4.69) is 5.32 Å². The molecule has 2 nitrogen and oxygen atoms in total. The number of rotatable bonds is 4. The fraction of sp³-hybridized carbons (Fsp3) is 0.143. The third-order valence-corrected chi connectivity index (χ3v) is 2.38. The molecule has 0 aromatic heterocycles. The first-order valence-corrected chi connectivity index (χ1v) is 5.45. The number of nitrogens with one attached hydrogen (secondary N) is 1. The molecule has 0 atom stereocenters. The average molecular weight is 231 g/mol. The van der Waals surface area contributed by atoms with Crippen LogP contribution in [-0.4, -0.2) is 7.05 Å². The highest BCUT2D eigenvalue weighted by atomic mass is 19.1. The molecule has 0 amide bonds. The van der Waals surface area contributed by atoms with E-state index < -0.39 is 0 Å². The highest BCUT2D eigenvalue weighted by Crippen LogP contribution is 2.25. The van der Waals surface area contributed by atoms with E-state index in [0.29, 0.717) is 5.75 Å². The number of benzene rings is 2. The van der Waals surface area contributed by atoms with Gasteiger partial charge in [-0.15, -0.1) is 0 Å². The Bertz CT molecular complexity index is 482. The van der Waals surface area contributed by atoms with Gasteiger partial charge in [-0.2, -0.15) is 0 Å². The zero-order valence-corrected chi connectivity index (χ0v) is 9.61. The van der Waals surface area contributed by atoms with E-state index in [-0.39, 0.29) is 5.82 Å². The van der Waals surface area contributed by atoms with Gasteiger partial charge in [0.05, 0.1) is 0 Å². The summed E-state index contributed by atoms with van der Waals surface area (Å²) in [6.45, 7) is 0.734. The van der Waals surface area contributed by atoms with Gasteiger partial charge in [0.1, 0.15) is 17.3 Å². The highest BCUT2D eigenvalue weighted by molar-refractivity contribution is 5.37. The third-order valence-electron chi connectivity index (χ3n) is 2.38. The summed E-state index contributed by atoms with van der Waals surface area (Å²) >= 11 is 0. The van der Waals surface area contributed by atoms with E-state index in [4.69, 9.17) is 4.74 Å². The van der Waals surface area contributed by atoms with E-state index in [1.165, 1.54) is 12.1 Å². The Kier molecular flexibility index (Phi) is 3.73. The maximum Gasteiger partial charge on any atom is 0.131 e. The van der Waals surface area contributed by atoms with Crippen LogP contribution < -0.4 is 10.1 Å². The molecule has 2 aromatic carbocycles. The monoisotopic (exact) mass is 231 g/mol. The molecule has 0 heterocycles. The minimum Gasteiger partial charge on any atom is -0.457 e. The molecule has 0 saturated heterocycles. The summed E-state index contributed by atoms with van der Waals surface area (Å²) in [6.07, 6.45) is 0. The van der Waals surface area contributed by atoms with Crippen molar-refractivity contribution in [1.29, 1.82) is 0 Å². The summed E-state index contributed by atoms with van der Waals surface area (Å²) in [6, 6.07) is 13.8. The highest BCUT2D eigenvalue weighted by Gasteiger charge is 2.03. The van der Waals surface area contributed by atoms with Crippen LogP contribution in [0.1, 0.15) is 5.56 Å². The van der Waals surface area contributed by atoms with Crippen LogP contribution >= 0.6 is 0 Å². The van der Waals surface area contributed by atoms with Gasteiger partial charge in [-0.1, -0.05) is 18.2 Å². The molecule has 2 rings (SSSR count). The molecular formula is C14H14FNO. The van der Waals surface area contributed by atoms with Crippen molar-refractivity contribution < 1.29 is 9.13 Å². The molecule has 2 aromatic rings. The summed E-state index contributed by atoms with van der Waals surface area (Å²) in [4.78, 5) is 0. The van der Waals surface area contributed by atoms with Gasteiger partial charge in [0, 0.05) is 12.1 Å². The summed E-state index contributed by atoms with van der Waals surface area (Å²) in [7, 11) is 1.88. The molecule has 0 fully saturated rings. The number of ether oxygens (including phenoxy) is 1. The molecule has 0 unspecified atom stereocenters. The van der Waals surface area contributed by atoms with Gasteiger partial charge in [-0.3, -0.25) is 0 Å². The second-order valence-corrected chi connectivity index (χ2v) is 3.69. The number of halogens is 1. The summed E-state index contributed by atoms with van der Waals surface area (Å²) in [5.74, 6) is 1.16. The summed E-state index contributed by atoms with van der Waals surface area (Å²) in [5, 5.41) is 3.08. The Morgan fingerprint density at radius 2 is 1.76 bits per heavy atom. The topological polar surface area (TPSA) is 21.3 Å². The van der Waals surface area contributed by atoms with E-state index in [1.807, 2.05) is 31.3 Å². The molecule has 0 spiro atoms. The van der Waals surface area contributed by atoms with E-state index in [0.717, 1.165) is 17.9 Å². The molecule has 88 valence electrons. The van der Waals surface area contributed by atoms with Gasteiger partial charge in [0.25, 0.3) is 0 Å². The fourth-order valence-corrected chi connectivity index (χ4v) is 1.57. The van der Waals surface area contributed by atoms with Crippen LogP contribution in [0.5, 0.6) is 11.5 Å². The third kappa shape index (κ3) is 3.04. The van der Waals surface area contributed by atoms with Crippen LogP contribution in [0.3, 0.4) is 0 Å². The van der Waals surface area contributed by atoms with Gasteiger partial charge >= 0.3 is 0 Å². The average Bonchev–Trinajstić information content (AvgIpc) is 2.35. The van der Waals surface area contributed by atoms with E-state index in [1.54, 1.807) is 12.1 Å². The quantitative estimate of drug-likeness (QED) is 0.871. The predicted octanol–water partition coefficient (Wildman–Crippen LogP) is 3.34. The molecule has 1 N–H and O–H groups in total. The standard InChI is InChI=1S/C14H14FNO/c1-16-10-11-4-2-3-5-14(11)17-13-8-6-12(15)7-9-13/h2-9,16H,10H2,1H3. The first kappa shape index (κ1) is 11.6. The number of hydrogen-bond donors (Lipinski definition) is 1. The minimum absolute atomic E-state index is 0.263. The first-order chi connectivity index (χ1) is 8.29. The van der Waals surface area contributed by atoms with Crippen LogP contribution in [0.2, 0.25) is 0 Å². The lowest BCUT2D eigenvalue weighted by Gasteiger charge is -2.10. The Morgan fingerprint density at radius 1 is 1.06 bits per heavy atom. The van der Waals surface area contributed by atoms with Crippen molar-refractivity contribution in [3.8, 4) is 11.5 Å². The Morgan fingerprint density at radius 3 is 2.47 bits per heavy atom. The number of para-hydroxylation sites is 1. The Balaban J connectivity index is 2.20. The smallest absolute Gasteiger partial charge is 0.131 e. The van der Waals surface area contributed by atoms with Crippen molar-refractivity contribution in [1.82, 2.24) is 5.32 Å². The van der Waals surface area contributed by atoms with Crippen molar-refractivity contribution in [2.75, 3.05) is 7.05 Å². The first-order valence-electron chi connectivity index (χ1n) is 5.45. The van der Waals surface area contributed by atoms with Crippen molar-refractivity contribution in [3.05, 3.63) is 59.9 Å². The van der Waals surface area contributed by atoms with Gasteiger partial charge in [0.2, 0.25) is 0 Å². The second-order valence-electron chi connectivity index (χ2n) is 3.69. The Hall–Kier alpha value is -1.87. The zero-order chi connectivity index (χ0) is 12.1. The second kappa shape index (κ2) is 5.46. The number of hydrogen-bond acceptors (Lipinski definition) is 2. The normalized spacial score (nSPS) is 10.2. The van der Waals surface area contributed by atoms with Gasteiger partial charge in [-0.25, -0.2) is 4.39 Å². The lowest BCUT2D eigenvalue weighted by Crippen LogP contribution is -2.06. The van der Waals surface area contributed by atoms with Crippen LogP contribution in [-0.2, 0) is 6.54 Å². The lowest BCUT2D eigenvalue weighted by molar-refractivity contribution is 0.472. The molecule has 0 aliphatic heterocycles. The molecule has 0 aliphatic carbocycles. The molecule has 0 bridgehead atoms. The largest absolute Gasteiger partial charge is 0.457 e. The maximum atomic E-state index is 12.8. The van der Waals surface area contributed by atoms with Gasteiger partial charge < -0.3 is 10.1 Å². The van der Waals surface area contributed by atoms with Crippen molar-refractivity contribution in [2.24, 2.45) is 0 Å². The molecule has 0 saturated carbocycles. The van der Waals surface area contributed by atoms with E-state index in [9.17, 15) is 4.39 Å². The summed E-state index contributed by atoms with van der Waals surface area (Å²) < 4.78 is 18.5. The van der Waals surface area contributed by atoms with Crippen LogP contribution in [0, 0.1) is 5.82 Å². The minimum atomic E-state index is -0.263. The van der Waals surface area contributed by atoms with Crippen LogP contribution in [0.15, 0.2) is 48.5 Å². The summed E-state index contributed by atoms with van der Waals surface area (Å²) in [5.41, 5.74) is 1.07. The van der Waals surface area contributed by atoms with Crippen LogP contribution in [0.4, 0.5) is 4.39 Å². The maximum absolute atomic E-state index is 12.8. The van der Waals surface area contributed by atoms with Gasteiger partial charge in [0.15, 0.2) is 0 Å². The molecule has 17 heavy (non-hydrogen) atoms. The fourth-order valence-electron chi connectivity index (χ4n) is 1.57. The molecule has 0 aliphatic rings. The zero-order valence-electron chi connectivity index (χ0n) is 9.61. The van der Waals surface area contributed by atoms with Crippen molar-refractivity contribution in [3.63, 3.8) is 0 Å². The van der Waals surface area contributed by atoms with Crippen LogP contribution in [0.25, 0.3) is 0 Å². The van der Waals surface area contributed by atoms with Gasteiger partial charge in [-0.05, 0) is 37.4 Å². The lowest BCUT2D eigenvalue weighted by atomic mass is 10.2. The van der Waals surface area contributed by atoms with Crippen molar-refractivity contribution in [2.45, 2.75) is 6.54 Å². The Labute approximate surface area is 100 Å². The predicted molar refractivity (Wildman–Crippen MR) is 65.7 cm³/mol. The van der Waals surface area contributed by atoms with E-state index >= 15 is 0 Å². The van der Waals surface area contributed by atoms with Crippen molar-refractivity contribution >= 4 is 0 Å². The molecule has 3 heteroatoms.